The molecule has 0 atom stereocenters. The molecule has 0 saturated heterocycles. The van der Waals surface area contributed by atoms with E-state index in [1.165, 1.54) is 4.90 Å². The van der Waals surface area contributed by atoms with Gasteiger partial charge in [0.2, 0.25) is 0 Å². The summed E-state index contributed by atoms with van der Waals surface area (Å²) in [6.07, 6.45) is 1.61. The highest BCUT2D eigenvalue weighted by atomic mass is 16.6. The molecule has 1 aliphatic carbocycles. The Hall–Kier alpha value is -2.77. The minimum Gasteiger partial charge on any atom is -0.459 e. The van der Waals surface area contributed by atoms with Crippen molar-refractivity contribution >= 4 is 18.2 Å². The minimum atomic E-state index is -0.682. The number of alkyl carbamates (subject to hydrolysis) is 1. The van der Waals surface area contributed by atoms with Crippen molar-refractivity contribution in [3.63, 3.8) is 0 Å². The van der Waals surface area contributed by atoms with Gasteiger partial charge in [-0.05, 0) is 72.8 Å². The zero-order chi connectivity index (χ0) is 24.6. The zero-order valence-corrected chi connectivity index (χ0v) is 20.7. The van der Waals surface area contributed by atoms with E-state index in [0.717, 1.165) is 5.56 Å². The molecule has 0 radical (unpaired) electrons. The Labute approximate surface area is 196 Å². The molecule has 2 amide bonds. The average molecular weight is 463 g/mol. The van der Waals surface area contributed by atoms with Gasteiger partial charge >= 0.3 is 18.2 Å². The van der Waals surface area contributed by atoms with Gasteiger partial charge in [0, 0.05) is 12.1 Å². The molecule has 1 saturated carbocycles. The number of benzene rings is 1. The number of nitrogens with zero attached hydrogens (tertiary/aromatic N) is 1. The van der Waals surface area contributed by atoms with Crippen LogP contribution >= 0.6 is 0 Å². The van der Waals surface area contributed by atoms with Crippen LogP contribution in [0.15, 0.2) is 30.3 Å². The molecular formula is C25H38N2O6. The highest BCUT2D eigenvalue weighted by Crippen LogP contribution is 2.25. The molecule has 184 valence electrons. The molecule has 1 aromatic carbocycles. The van der Waals surface area contributed by atoms with Gasteiger partial charge < -0.3 is 19.5 Å². The van der Waals surface area contributed by atoms with Crippen molar-refractivity contribution in [1.82, 2.24) is 10.2 Å². The lowest BCUT2D eigenvalue weighted by Crippen LogP contribution is -2.50. The predicted octanol–water partition coefficient (Wildman–Crippen LogP) is 4.80. The summed E-state index contributed by atoms with van der Waals surface area (Å²) in [6.45, 7) is 10.8. The summed E-state index contributed by atoms with van der Waals surface area (Å²) in [7, 11) is 0. The van der Waals surface area contributed by atoms with Crippen LogP contribution < -0.4 is 5.32 Å². The Morgan fingerprint density at radius 3 is 2.03 bits per heavy atom. The van der Waals surface area contributed by atoms with Gasteiger partial charge in [-0.2, -0.15) is 0 Å². The number of carbonyl (C=O) groups excluding carboxylic acids is 3. The normalized spacial score (nSPS) is 18.7. The first-order valence-electron chi connectivity index (χ1n) is 11.5. The molecule has 0 aliphatic heterocycles. The van der Waals surface area contributed by atoms with Crippen LogP contribution in [0.25, 0.3) is 0 Å². The number of rotatable bonds is 6. The van der Waals surface area contributed by atoms with Crippen LogP contribution in [-0.4, -0.2) is 52.9 Å². The molecule has 0 bridgehead atoms. The van der Waals surface area contributed by atoms with Gasteiger partial charge in [0.15, 0.2) is 0 Å². The van der Waals surface area contributed by atoms with Crippen molar-refractivity contribution in [2.45, 2.75) is 97.1 Å². The van der Waals surface area contributed by atoms with Crippen LogP contribution in [0.5, 0.6) is 0 Å². The van der Waals surface area contributed by atoms with Gasteiger partial charge in [-0.25, -0.2) is 9.59 Å². The lowest BCUT2D eigenvalue weighted by molar-refractivity contribution is -0.147. The van der Waals surface area contributed by atoms with Crippen LogP contribution in [0.1, 0.15) is 72.8 Å². The fourth-order valence-electron chi connectivity index (χ4n) is 3.59. The van der Waals surface area contributed by atoms with Gasteiger partial charge in [-0.1, -0.05) is 30.3 Å². The summed E-state index contributed by atoms with van der Waals surface area (Å²) >= 11 is 0. The smallest absolute Gasteiger partial charge is 0.411 e. The van der Waals surface area contributed by atoms with E-state index < -0.39 is 29.4 Å². The highest BCUT2D eigenvalue weighted by molar-refractivity contribution is 5.78. The number of hydrogen-bond donors (Lipinski definition) is 1. The monoisotopic (exact) mass is 462 g/mol. The third kappa shape index (κ3) is 10.1. The van der Waals surface area contributed by atoms with Crippen molar-refractivity contribution < 1.29 is 28.6 Å². The Bertz CT molecular complexity index is 789. The Kier molecular flexibility index (Phi) is 9.14. The zero-order valence-electron chi connectivity index (χ0n) is 20.7. The molecular weight excluding hydrogens is 424 g/mol. The number of ether oxygens (including phenoxy) is 3. The largest absolute Gasteiger partial charge is 0.459 e. The number of hydrogen-bond acceptors (Lipinski definition) is 6. The van der Waals surface area contributed by atoms with Crippen LogP contribution in [-0.2, 0) is 25.6 Å². The molecule has 8 nitrogen and oxygen atoms in total. The second-order valence-corrected chi connectivity index (χ2v) is 10.4. The number of carbonyl (C=O) groups is 3. The van der Waals surface area contributed by atoms with Crippen LogP contribution in [0.2, 0.25) is 0 Å². The first-order valence-corrected chi connectivity index (χ1v) is 11.5. The summed E-state index contributed by atoms with van der Waals surface area (Å²) in [4.78, 5) is 39.0. The lowest BCUT2D eigenvalue weighted by Gasteiger charge is -2.37. The fraction of sp³-hybridized carbons (Fsp3) is 0.640. The summed E-state index contributed by atoms with van der Waals surface area (Å²) in [5.41, 5.74) is -0.364. The molecule has 1 aliphatic rings. The van der Waals surface area contributed by atoms with Crippen LogP contribution in [0.3, 0.4) is 0 Å². The molecule has 1 fully saturated rings. The molecule has 0 unspecified atom stereocenters. The first-order chi connectivity index (χ1) is 15.3. The van der Waals surface area contributed by atoms with Crippen LogP contribution in [0, 0.1) is 0 Å². The van der Waals surface area contributed by atoms with Gasteiger partial charge in [0.25, 0.3) is 0 Å². The Balaban J connectivity index is 1.95. The lowest BCUT2D eigenvalue weighted by atomic mass is 9.90. The first kappa shape index (κ1) is 26.5. The third-order valence-corrected chi connectivity index (χ3v) is 5.03. The number of amides is 2. The maximum absolute atomic E-state index is 12.9. The number of esters is 1. The van der Waals surface area contributed by atoms with E-state index in [0.29, 0.717) is 25.7 Å². The SMILES string of the molecule is CC(C)(C)OC(=O)NC1CCC(N(CC(=O)OCc2ccccc2)C(=O)OC(C)(C)C)CC1. The molecule has 0 aromatic heterocycles. The van der Waals surface area contributed by atoms with E-state index in [4.69, 9.17) is 14.2 Å². The third-order valence-electron chi connectivity index (χ3n) is 5.03. The van der Waals surface area contributed by atoms with E-state index >= 15 is 0 Å². The summed E-state index contributed by atoms with van der Waals surface area (Å²) < 4.78 is 16.3. The van der Waals surface area contributed by atoms with E-state index in [2.05, 4.69) is 5.32 Å². The Morgan fingerprint density at radius 2 is 1.48 bits per heavy atom. The van der Waals surface area contributed by atoms with Crippen molar-refractivity contribution in [3.05, 3.63) is 35.9 Å². The van der Waals surface area contributed by atoms with E-state index in [1.807, 2.05) is 51.1 Å². The van der Waals surface area contributed by atoms with Crippen molar-refractivity contribution in [1.29, 1.82) is 0 Å². The summed E-state index contributed by atoms with van der Waals surface area (Å²) in [5.74, 6) is -0.487. The highest BCUT2D eigenvalue weighted by Gasteiger charge is 2.34. The summed E-state index contributed by atoms with van der Waals surface area (Å²) in [6, 6.07) is 9.17. The van der Waals surface area contributed by atoms with E-state index in [9.17, 15) is 14.4 Å². The van der Waals surface area contributed by atoms with Gasteiger partial charge in [-0.3, -0.25) is 9.69 Å². The second-order valence-electron chi connectivity index (χ2n) is 10.4. The molecule has 33 heavy (non-hydrogen) atoms. The molecule has 0 heterocycles. The van der Waals surface area contributed by atoms with Crippen molar-refractivity contribution in [3.8, 4) is 0 Å². The predicted molar refractivity (Wildman–Crippen MR) is 125 cm³/mol. The van der Waals surface area contributed by atoms with E-state index in [1.54, 1.807) is 20.8 Å². The molecule has 1 N–H and O–H groups in total. The van der Waals surface area contributed by atoms with Gasteiger partial charge in [0.05, 0.1) is 0 Å². The minimum absolute atomic E-state index is 0.0402. The van der Waals surface area contributed by atoms with Gasteiger partial charge in [0.1, 0.15) is 24.4 Å². The van der Waals surface area contributed by atoms with Gasteiger partial charge in [-0.15, -0.1) is 0 Å². The van der Waals surface area contributed by atoms with E-state index in [-0.39, 0.29) is 25.2 Å². The fourth-order valence-corrected chi connectivity index (χ4v) is 3.59. The average Bonchev–Trinajstić information content (AvgIpc) is 2.69. The quantitative estimate of drug-likeness (QED) is 0.482. The van der Waals surface area contributed by atoms with Crippen molar-refractivity contribution in [2.24, 2.45) is 0 Å². The summed E-state index contributed by atoms with van der Waals surface area (Å²) in [5, 5.41) is 2.89. The van der Waals surface area contributed by atoms with Crippen LogP contribution in [0.4, 0.5) is 9.59 Å². The second kappa shape index (κ2) is 11.4. The molecule has 1 aromatic rings. The molecule has 0 spiro atoms. The molecule has 2 rings (SSSR count). The molecule has 8 heteroatoms. The topological polar surface area (TPSA) is 94.2 Å². The standard InChI is InChI=1S/C25H38N2O6/c1-24(2,3)32-22(29)26-19-12-14-20(15-13-19)27(23(30)33-25(4,5)6)16-21(28)31-17-18-10-8-7-9-11-18/h7-11,19-20H,12-17H2,1-6H3,(H,26,29). The maximum Gasteiger partial charge on any atom is 0.411 e. The van der Waals surface area contributed by atoms with Crippen molar-refractivity contribution in [2.75, 3.05) is 6.54 Å². The Morgan fingerprint density at radius 1 is 0.909 bits per heavy atom. The number of nitrogens with one attached hydrogen (secondary N) is 1. The maximum atomic E-state index is 12.9.